The number of nitrogens with one attached hydrogen (secondary N) is 2. The van der Waals surface area contributed by atoms with Crippen LogP contribution in [0.25, 0.3) is 11.4 Å². The molecular weight excluding hydrogens is 294 g/mol. The van der Waals surface area contributed by atoms with Gasteiger partial charge in [0.15, 0.2) is 5.82 Å². The van der Waals surface area contributed by atoms with Crippen molar-refractivity contribution >= 4 is 11.6 Å². The minimum absolute atomic E-state index is 0.0258. The molecule has 1 unspecified atom stereocenters. The van der Waals surface area contributed by atoms with Gasteiger partial charge in [-0.15, -0.1) is 10.2 Å². The van der Waals surface area contributed by atoms with Crippen LogP contribution in [0.15, 0.2) is 30.6 Å². The van der Waals surface area contributed by atoms with Crippen LogP contribution in [0.1, 0.15) is 13.3 Å². The molecule has 0 saturated carbocycles. The fraction of sp³-hybridized carbons (Fsp3) is 0.438. The number of carbonyl (C=O) groups excluding carboxylic acids is 1. The van der Waals surface area contributed by atoms with Gasteiger partial charge in [0.25, 0.3) is 0 Å². The smallest absolute Gasteiger partial charge is 0.226 e. The van der Waals surface area contributed by atoms with Crippen LogP contribution in [-0.4, -0.2) is 46.5 Å². The van der Waals surface area contributed by atoms with Crippen molar-refractivity contribution in [3.05, 3.63) is 30.6 Å². The number of amides is 1. The Morgan fingerprint density at radius 1 is 1.52 bits per heavy atom. The van der Waals surface area contributed by atoms with Crippen molar-refractivity contribution in [3.8, 4) is 11.4 Å². The third-order valence-corrected chi connectivity index (χ3v) is 3.79. The van der Waals surface area contributed by atoms with Crippen LogP contribution >= 0.6 is 0 Å². The zero-order valence-corrected chi connectivity index (χ0v) is 13.2. The van der Waals surface area contributed by atoms with Crippen LogP contribution in [0.4, 0.5) is 5.69 Å². The van der Waals surface area contributed by atoms with Crippen molar-refractivity contribution in [1.29, 1.82) is 0 Å². The number of benzene rings is 1. The summed E-state index contributed by atoms with van der Waals surface area (Å²) in [5, 5.41) is 14.3. The molecule has 1 aromatic carbocycles. The molecule has 1 aromatic heterocycles. The first kappa shape index (κ1) is 15.6. The first-order valence-electron chi connectivity index (χ1n) is 7.85. The minimum Gasteiger partial charge on any atom is -0.378 e. The van der Waals surface area contributed by atoms with Crippen LogP contribution in [-0.2, 0) is 16.1 Å². The number of rotatable bonds is 5. The summed E-state index contributed by atoms with van der Waals surface area (Å²) in [7, 11) is 0. The van der Waals surface area contributed by atoms with Crippen molar-refractivity contribution < 1.29 is 9.53 Å². The molecule has 1 fully saturated rings. The Hall–Kier alpha value is -2.25. The Bertz CT molecular complexity index is 664. The number of aryl methyl sites for hydroxylation is 1. The maximum Gasteiger partial charge on any atom is 0.226 e. The summed E-state index contributed by atoms with van der Waals surface area (Å²) in [5.74, 6) is 0.771. The summed E-state index contributed by atoms with van der Waals surface area (Å²) >= 11 is 0. The lowest BCUT2D eigenvalue weighted by atomic mass is 10.1. The average molecular weight is 315 g/mol. The second-order valence-corrected chi connectivity index (χ2v) is 5.50. The van der Waals surface area contributed by atoms with Gasteiger partial charge in [0, 0.05) is 36.8 Å². The zero-order valence-electron chi connectivity index (χ0n) is 13.2. The minimum atomic E-state index is -0.0258. The van der Waals surface area contributed by atoms with Gasteiger partial charge in [-0.25, -0.2) is 0 Å². The highest BCUT2D eigenvalue weighted by Crippen LogP contribution is 2.21. The maximum absolute atomic E-state index is 12.2. The highest BCUT2D eigenvalue weighted by molar-refractivity contribution is 5.91. The predicted octanol–water partition coefficient (Wildman–Crippen LogP) is 1.28. The van der Waals surface area contributed by atoms with E-state index in [1.165, 1.54) is 0 Å². The highest BCUT2D eigenvalue weighted by atomic mass is 16.5. The fourth-order valence-corrected chi connectivity index (χ4v) is 2.63. The molecule has 23 heavy (non-hydrogen) atoms. The van der Waals surface area contributed by atoms with E-state index in [0.717, 1.165) is 30.2 Å². The van der Waals surface area contributed by atoms with E-state index in [-0.39, 0.29) is 11.9 Å². The van der Waals surface area contributed by atoms with Crippen LogP contribution in [0.5, 0.6) is 0 Å². The van der Waals surface area contributed by atoms with Crippen molar-refractivity contribution in [2.45, 2.75) is 25.9 Å². The SMILES string of the molecule is CCn1cnnc1-c1cccc(NC(=O)CC2COCCN2)c1. The molecule has 0 bridgehead atoms. The first-order chi connectivity index (χ1) is 11.3. The monoisotopic (exact) mass is 315 g/mol. The summed E-state index contributed by atoms with van der Waals surface area (Å²) in [5.41, 5.74) is 1.69. The molecule has 1 atom stereocenters. The van der Waals surface area contributed by atoms with Gasteiger partial charge in [0.05, 0.1) is 13.2 Å². The molecule has 1 saturated heterocycles. The summed E-state index contributed by atoms with van der Waals surface area (Å²) < 4.78 is 7.33. The molecule has 3 rings (SSSR count). The molecule has 122 valence electrons. The molecule has 7 nitrogen and oxygen atoms in total. The van der Waals surface area contributed by atoms with Gasteiger partial charge in [0.1, 0.15) is 6.33 Å². The normalized spacial score (nSPS) is 17.9. The van der Waals surface area contributed by atoms with Crippen LogP contribution in [0, 0.1) is 0 Å². The first-order valence-corrected chi connectivity index (χ1v) is 7.85. The fourth-order valence-electron chi connectivity index (χ4n) is 2.63. The number of morpholine rings is 1. The highest BCUT2D eigenvalue weighted by Gasteiger charge is 2.17. The van der Waals surface area contributed by atoms with E-state index in [4.69, 9.17) is 4.74 Å². The Morgan fingerprint density at radius 3 is 3.22 bits per heavy atom. The van der Waals surface area contributed by atoms with Gasteiger partial charge in [-0.3, -0.25) is 4.79 Å². The van der Waals surface area contributed by atoms with Gasteiger partial charge >= 0.3 is 0 Å². The van der Waals surface area contributed by atoms with Gasteiger partial charge in [0.2, 0.25) is 5.91 Å². The molecule has 1 amide bonds. The average Bonchev–Trinajstić information content (AvgIpc) is 3.04. The Morgan fingerprint density at radius 2 is 2.43 bits per heavy atom. The van der Waals surface area contributed by atoms with Crippen molar-refractivity contribution in [2.24, 2.45) is 0 Å². The molecular formula is C16H21N5O2. The Labute approximate surface area is 135 Å². The molecule has 7 heteroatoms. The molecule has 2 N–H and O–H groups in total. The third-order valence-electron chi connectivity index (χ3n) is 3.79. The zero-order chi connectivity index (χ0) is 16.1. The van der Waals surface area contributed by atoms with E-state index in [1.54, 1.807) is 6.33 Å². The van der Waals surface area contributed by atoms with Crippen LogP contribution in [0.2, 0.25) is 0 Å². The van der Waals surface area contributed by atoms with Gasteiger partial charge in [-0.1, -0.05) is 12.1 Å². The summed E-state index contributed by atoms with van der Waals surface area (Å²) in [4.78, 5) is 12.2. The number of hydrogen-bond donors (Lipinski definition) is 2. The molecule has 1 aliphatic heterocycles. The van der Waals surface area contributed by atoms with Crippen LogP contribution < -0.4 is 10.6 Å². The molecule has 1 aliphatic rings. The summed E-state index contributed by atoms with van der Waals surface area (Å²) in [6, 6.07) is 7.73. The number of nitrogens with zero attached hydrogens (tertiary/aromatic N) is 3. The summed E-state index contributed by atoms with van der Waals surface area (Å²) in [6.07, 6.45) is 2.10. The van der Waals surface area contributed by atoms with Crippen molar-refractivity contribution in [1.82, 2.24) is 20.1 Å². The Balaban J connectivity index is 1.66. The second-order valence-electron chi connectivity index (χ2n) is 5.50. The topological polar surface area (TPSA) is 81.1 Å². The molecule has 0 spiro atoms. The second kappa shape index (κ2) is 7.34. The number of aromatic nitrogens is 3. The van der Waals surface area contributed by atoms with E-state index in [9.17, 15) is 4.79 Å². The molecule has 2 heterocycles. The van der Waals surface area contributed by atoms with E-state index >= 15 is 0 Å². The van der Waals surface area contributed by atoms with Gasteiger partial charge < -0.3 is 19.9 Å². The van der Waals surface area contributed by atoms with Crippen LogP contribution in [0.3, 0.4) is 0 Å². The quantitative estimate of drug-likeness (QED) is 0.869. The largest absolute Gasteiger partial charge is 0.378 e. The molecule has 0 radical (unpaired) electrons. The number of hydrogen-bond acceptors (Lipinski definition) is 5. The van der Waals surface area contributed by atoms with E-state index in [0.29, 0.717) is 19.6 Å². The lowest BCUT2D eigenvalue weighted by Crippen LogP contribution is -2.43. The lowest BCUT2D eigenvalue weighted by Gasteiger charge is -2.23. The maximum atomic E-state index is 12.2. The van der Waals surface area contributed by atoms with Crippen molar-refractivity contribution in [2.75, 3.05) is 25.1 Å². The molecule has 2 aromatic rings. The van der Waals surface area contributed by atoms with E-state index < -0.39 is 0 Å². The van der Waals surface area contributed by atoms with Gasteiger partial charge in [-0.05, 0) is 19.1 Å². The van der Waals surface area contributed by atoms with Crippen molar-refractivity contribution in [3.63, 3.8) is 0 Å². The Kier molecular flexibility index (Phi) is 4.99. The van der Waals surface area contributed by atoms with E-state index in [2.05, 4.69) is 20.8 Å². The van der Waals surface area contributed by atoms with E-state index in [1.807, 2.05) is 35.8 Å². The van der Waals surface area contributed by atoms with Gasteiger partial charge in [-0.2, -0.15) is 0 Å². The number of ether oxygens (including phenoxy) is 1. The number of carbonyl (C=O) groups is 1. The summed E-state index contributed by atoms with van der Waals surface area (Å²) in [6.45, 7) is 4.91. The standard InChI is InChI=1S/C16H21N5O2/c1-2-21-11-18-20-16(21)12-4-3-5-13(8-12)19-15(22)9-14-10-23-7-6-17-14/h3-5,8,11,14,17H,2,6-7,9-10H2,1H3,(H,19,22). The predicted molar refractivity (Wildman–Crippen MR) is 87.0 cm³/mol. The molecule has 0 aliphatic carbocycles. The lowest BCUT2D eigenvalue weighted by molar-refractivity contribution is -0.117. The third kappa shape index (κ3) is 3.94. The number of anilines is 1.